The van der Waals surface area contributed by atoms with E-state index in [9.17, 15) is 9.59 Å². The van der Waals surface area contributed by atoms with Crippen molar-refractivity contribution in [3.8, 4) is 0 Å². The van der Waals surface area contributed by atoms with Crippen LogP contribution >= 0.6 is 0 Å². The van der Waals surface area contributed by atoms with Gasteiger partial charge in [-0.15, -0.1) is 0 Å². The number of rotatable bonds is 5. The van der Waals surface area contributed by atoms with Gasteiger partial charge in [0.1, 0.15) is 18.7 Å². The van der Waals surface area contributed by atoms with E-state index in [0.29, 0.717) is 6.61 Å². The first-order chi connectivity index (χ1) is 12.2. The lowest BCUT2D eigenvalue weighted by atomic mass is 9.95. The van der Waals surface area contributed by atoms with Crippen molar-refractivity contribution in [2.75, 3.05) is 31.1 Å². The second-order valence-electron chi connectivity index (χ2n) is 6.00. The molecular weight excluding hydrogens is 320 g/mol. The van der Waals surface area contributed by atoms with Crippen molar-refractivity contribution in [1.29, 1.82) is 0 Å². The van der Waals surface area contributed by atoms with Crippen molar-refractivity contribution in [2.45, 2.75) is 19.8 Å². The van der Waals surface area contributed by atoms with Crippen molar-refractivity contribution in [3.05, 3.63) is 30.6 Å². The summed E-state index contributed by atoms with van der Waals surface area (Å²) in [6, 6.07) is 7.92. The summed E-state index contributed by atoms with van der Waals surface area (Å²) in [4.78, 5) is 34.4. The molecule has 1 aromatic carbocycles. The Labute approximate surface area is 146 Å². The van der Waals surface area contributed by atoms with Crippen LogP contribution in [-0.4, -0.2) is 48.1 Å². The Hall–Kier alpha value is -2.70. The highest BCUT2D eigenvalue weighted by Crippen LogP contribution is 2.27. The van der Waals surface area contributed by atoms with E-state index in [-0.39, 0.29) is 18.4 Å². The van der Waals surface area contributed by atoms with Gasteiger partial charge in [-0.1, -0.05) is 12.1 Å². The Bertz CT molecular complexity index is 752. The largest absolute Gasteiger partial charge is 0.465 e. The van der Waals surface area contributed by atoms with Crippen LogP contribution in [0.1, 0.15) is 19.8 Å². The number of ether oxygens (including phenoxy) is 1. The van der Waals surface area contributed by atoms with E-state index in [2.05, 4.69) is 20.2 Å². The van der Waals surface area contributed by atoms with Crippen LogP contribution in [0.5, 0.6) is 0 Å². The highest BCUT2D eigenvalue weighted by atomic mass is 16.5. The maximum Gasteiger partial charge on any atom is 0.325 e. The van der Waals surface area contributed by atoms with Gasteiger partial charge in [-0.2, -0.15) is 0 Å². The topological polar surface area (TPSA) is 84.4 Å². The second-order valence-corrected chi connectivity index (χ2v) is 6.00. The maximum atomic E-state index is 12.2. The minimum absolute atomic E-state index is 0.0660. The fourth-order valence-electron chi connectivity index (χ4n) is 3.11. The monoisotopic (exact) mass is 342 g/mol. The summed E-state index contributed by atoms with van der Waals surface area (Å²) in [6.45, 7) is 3.49. The number of hydrogen-bond donors (Lipinski definition) is 1. The molecule has 0 saturated carbocycles. The Balaban J connectivity index is 1.58. The molecule has 0 atom stereocenters. The predicted molar refractivity (Wildman–Crippen MR) is 94.1 cm³/mol. The molecule has 2 aromatic rings. The van der Waals surface area contributed by atoms with Crippen molar-refractivity contribution < 1.29 is 14.3 Å². The first-order valence-corrected chi connectivity index (χ1v) is 8.57. The molecule has 1 aromatic heterocycles. The number of amides is 1. The van der Waals surface area contributed by atoms with Gasteiger partial charge in [-0.3, -0.25) is 9.59 Å². The third-order valence-corrected chi connectivity index (χ3v) is 4.40. The molecule has 0 unspecified atom stereocenters. The lowest BCUT2D eigenvalue weighted by molar-refractivity contribution is -0.143. The van der Waals surface area contributed by atoms with E-state index >= 15 is 0 Å². The SMILES string of the molecule is CCOC(=O)CNC(=O)C1CCN(c2ncnc3ccccc23)CC1. The Kier molecular flexibility index (Phi) is 5.42. The number of carbonyl (C=O) groups excluding carboxylic acids is 2. The fraction of sp³-hybridized carbons (Fsp3) is 0.444. The zero-order valence-corrected chi connectivity index (χ0v) is 14.3. The third kappa shape index (κ3) is 4.04. The molecule has 2 heterocycles. The first-order valence-electron chi connectivity index (χ1n) is 8.57. The Morgan fingerprint density at radius 3 is 2.76 bits per heavy atom. The summed E-state index contributed by atoms with van der Waals surface area (Å²) < 4.78 is 4.82. The second kappa shape index (κ2) is 7.92. The van der Waals surface area contributed by atoms with Crippen molar-refractivity contribution in [2.24, 2.45) is 5.92 Å². The number of anilines is 1. The summed E-state index contributed by atoms with van der Waals surface area (Å²) in [6.07, 6.45) is 3.04. The molecule has 0 spiro atoms. The molecule has 1 aliphatic heterocycles. The van der Waals surface area contributed by atoms with Gasteiger partial charge in [0.05, 0.1) is 12.1 Å². The molecule has 3 rings (SSSR count). The average molecular weight is 342 g/mol. The average Bonchev–Trinajstić information content (AvgIpc) is 2.66. The van der Waals surface area contributed by atoms with Gasteiger partial charge < -0.3 is 15.0 Å². The highest BCUT2D eigenvalue weighted by Gasteiger charge is 2.26. The molecule has 1 saturated heterocycles. The van der Waals surface area contributed by atoms with E-state index in [1.54, 1.807) is 13.3 Å². The number of carbonyl (C=O) groups is 2. The highest BCUT2D eigenvalue weighted by molar-refractivity contribution is 5.89. The molecule has 1 aliphatic rings. The van der Waals surface area contributed by atoms with Crippen molar-refractivity contribution in [1.82, 2.24) is 15.3 Å². The van der Waals surface area contributed by atoms with Crippen LogP contribution < -0.4 is 10.2 Å². The lowest BCUT2D eigenvalue weighted by Crippen LogP contribution is -2.42. The lowest BCUT2D eigenvalue weighted by Gasteiger charge is -2.32. The molecular formula is C18H22N4O3. The third-order valence-electron chi connectivity index (χ3n) is 4.40. The molecule has 1 fully saturated rings. The van der Waals surface area contributed by atoms with Gasteiger partial charge in [0.15, 0.2) is 0 Å². The summed E-state index contributed by atoms with van der Waals surface area (Å²) in [7, 11) is 0. The van der Waals surface area contributed by atoms with E-state index in [1.807, 2.05) is 24.3 Å². The van der Waals surface area contributed by atoms with E-state index in [1.165, 1.54) is 0 Å². The Morgan fingerprint density at radius 2 is 2.00 bits per heavy atom. The number of hydrogen-bond acceptors (Lipinski definition) is 6. The molecule has 1 amide bonds. The van der Waals surface area contributed by atoms with Crippen LogP contribution in [0.3, 0.4) is 0 Å². The normalized spacial score (nSPS) is 15.2. The number of nitrogens with zero attached hydrogens (tertiary/aromatic N) is 3. The van der Waals surface area contributed by atoms with Gasteiger partial charge in [0.25, 0.3) is 0 Å². The van der Waals surface area contributed by atoms with Crippen LogP contribution in [0.2, 0.25) is 0 Å². The zero-order chi connectivity index (χ0) is 17.6. The summed E-state index contributed by atoms with van der Waals surface area (Å²) in [5.74, 6) is 0.343. The first kappa shape index (κ1) is 17.1. The van der Waals surface area contributed by atoms with Crippen LogP contribution in [-0.2, 0) is 14.3 Å². The summed E-state index contributed by atoms with van der Waals surface area (Å²) in [5.41, 5.74) is 0.918. The van der Waals surface area contributed by atoms with Crippen LogP contribution in [0.15, 0.2) is 30.6 Å². The van der Waals surface area contributed by atoms with E-state index in [0.717, 1.165) is 42.7 Å². The minimum atomic E-state index is -0.402. The van der Waals surface area contributed by atoms with Crippen LogP contribution in [0.25, 0.3) is 10.9 Å². The van der Waals surface area contributed by atoms with Crippen LogP contribution in [0.4, 0.5) is 5.82 Å². The fourth-order valence-corrected chi connectivity index (χ4v) is 3.11. The van der Waals surface area contributed by atoms with E-state index < -0.39 is 5.97 Å². The van der Waals surface area contributed by atoms with Crippen molar-refractivity contribution in [3.63, 3.8) is 0 Å². The standard InChI is InChI=1S/C18H22N4O3/c1-2-25-16(23)11-19-18(24)13-7-9-22(10-8-13)17-14-5-3-4-6-15(14)20-12-21-17/h3-6,12-13H,2,7-11H2,1H3,(H,19,24). The number of benzene rings is 1. The van der Waals surface area contributed by atoms with Gasteiger partial charge in [-0.25, -0.2) is 9.97 Å². The number of piperidine rings is 1. The summed E-state index contributed by atoms with van der Waals surface area (Å²) in [5, 5.41) is 3.69. The smallest absolute Gasteiger partial charge is 0.325 e. The number of esters is 1. The summed E-state index contributed by atoms with van der Waals surface area (Å²) >= 11 is 0. The molecule has 132 valence electrons. The Morgan fingerprint density at radius 1 is 1.24 bits per heavy atom. The van der Waals surface area contributed by atoms with Gasteiger partial charge >= 0.3 is 5.97 Å². The molecule has 0 aliphatic carbocycles. The number of aromatic nitrogens is 2. The molecule has 7 heteroatoms. The van der Waals surface area contributed by atoms with E-state index in [4.69, 9.17) is 4.74 Å². The molecule has 7 nitrogen and oxygen atoms in total. The van der Waals surface area contributed by atoms with Gasteiger partial charge in [0, 0.05) is 24.4 Å². The zero-order valence-electron chi connectivity index (χ0n) is 14.3. The van der Waals surface area contributed by atoms with Gasteiger partial charge in [-0.05, 0) is 31.9 Å². The molecule has 1 N–H and O–H groups in total. The maximum absolute atomic E-state index is 12.2. The minimum Gasteiger partial charge on any atom is -0.465 e. The van der Waals surface area contributed by atoms with Gasteiger partial charge in [0.2, 0.25) is 5.91 Å². The molecule has 0 bridgehead atoms. The number of fused-ring (bicyclic) bond motifs is 1. The number of para-hydroxylation sites is 1. The molecule has 0 radical (unpaired) electrons. The quantitative estimate of drug-likeness (QED) is 0.830. The van der Waals surface area contributed by atoms with Crippen molar-refractivity contribution >= 4 is 28.6 Å². The molecule has 25 heavy (non-hydrogen) atoms. The predicted octanol–water partition coefficient (Wildman–Crippen LogP) is 1.53. The van der Waals surface area contributed by atoms with Crippen LogP contribution in [0, 0.1) is 5.92 Å². The number of nitrogens with one attached hydrogen (secondary N) is 1.